The SMILES string of the molecule is COc1ccc(C2CC(c3cccc(C4=NNC(c5ccc(OC)cc5)C4)n3)=NN2)cc1. The van der Waals surface area contributed by atoms with E-state index in [1.54, 1.807) is 14.2 Å². The zero-order valence-corrected chi connectivity index (χ0v) is 18.1. The molecule has 2 atom stereocenters. The van der Waals surface area contributed by atoms with Gasteiger partial charge < -0.3 is 20.3 Å². The van der Waals surface area contributed by atoms with Crippen molar-refractivity contribution in [2.45, 2.75) is 24.9 Å². The molecule has 0 fully saturated rings. The number of rotatable bonds is 6. The fraction of sp³-hybridized carbons (Fsp3) is 0.240. The molecule has 1 aromatic heterocycles. The summed E-state index contributed by atoms with van der Waals surface area (Å²) in [6.07, 6.45) is 1.56. The maximum absolute atomic E-state index is 5.25. The highest BCUT2D eigenvalue weighted by molar-refractivity contribution is 6.03. The van der Waals surface area contributed by atoms with Crippen molar-refractivity contribution >= 4 is 11.4 Å². The molecular formula is C25H25N5O2. The number of hydrogen-bond acceptors (Lipinski definition) is 7. The smallest absolute Gasteiger partial charge is 0.118 e. The molecule has 3 heterocycles. The molecule has 0 saturated heterocycles. The molecule has 2 unspecified atom stereocenters. The van der Waals surface area contributed by atoms with Gasteiger partial charge in [-0.15, -0.1) is 0 Å². The van der Waals surface area contributed by atoms with Crippen LogP contribution < -0.4 is 20.3 Å². The second kappa shape index (κ2) is 8.70. The van der Waals surface area contributed by atoms with Crippen LogP contribution in [0.1, 0.15) is 47.4 Å². The van der Waals surface area contributed by atoms with Crippen LogP contribution in [-0.2, 0) is 0 Å². The molecule has 0 aliphatic carbocycles. The minimum absolute atomic E-state index is 0.131. The summed E-state index contributed by atoms with van der Waals surface area (Å²) in [7, 11) is 3.35. The number of methoxy groups -OCH3 is 2. The number of ether oxygens (including phenoxy) is 2. The van der Waals surface area contributed by atoms with Gasteiger partial charge >= 0.3 is 0 Å². The largest absolute Gasteiger partial charge is 0.497 e. The van der Waals surface area contributed by atoms with Crippen LogP contribution in [0.15, 0.2) is 76.9 Å². The van der Waals surface area contributed by atoms with E-state index in [0.29, 0.717) is 0 Å². The first-order valence-corrected chi connectivity index (χ1v) is 10.6. The lowest BCUT2D eigenvalue weighted by Gasteiger charge is -2.11. The number of aromatic nitrogens is 1. The summed E-state index contributed by atoms with van der Waals surface area (Å²) in [5.41, 5.74) is 12.5. The molecule has 2 aliphatic heterocycles. The Morgan fingerprint density at radius 3 is 1.50 bits per heavy atom. The predicted molar refractivity (Wildman–Crippen MR) is 124 cm³/mol. The van der Waals surface area contributed by atoms with Crippen LogP contribution in [0, 0.1) is 0 Å². The van der Waals surface area contributed by atoms with E-state index in [1.807, 2.05) is 42.5 Å². The van der Waals surface area contributed by atoms with Crippen molar-refractivity contribution in [2.24, 2.45) is 10.2 Å². The molecule has 162 valence electrons. The minimum atomic E-state index is 0.131. The van der Waals surface area contributed by atoms with Gasteiger partial charge in [-0.25, -0.2) is 4.98 Å². The predicted octanol–water partition coefficient (Wildman–Crippen LogP) is 3.98. The van der Waals surface area contributed by atoms with Crippen LogP contribution in [0.25, 0.3) is 0 Å². The second-order valence-electron chi connectivity index (χ2n) is 7.84. The number of hydrogen-bond donors (Lipinski definition) is 2. The Kier molecular flexibility index (Phi) is 5.46. The normalized spacial score (nSPS) is 19.6. The summed E-state index contributed by atoms with van der Waals surface area (Å²) in [5.74, 6) is 1.70. The first kappa shape index (κ1) is 20.1. The third-order valence-corrected chi connectivity index (χ3v) is 5.88. The average Bonchev–Trinajstić information content (AvgIpc) is 3.55. The number of benzene rings is 2. The van der Waals surface area contributed by atoms with Crippen molar-refractivity contribution in [1.29, 1.82) is 0 Å². The van der Waals surface area contributed by atoms with E-state index in [-0.39, 0.29) is 12.1 Å². The van der Waals surface area contributed by atoms with Crippen LogP contribution in [0.5, 0.6) is 11.5 Å². The van der Waals surface area contributed by atoms with E-state index in [1.165, 1.54) is 11.1 Å². The van der Waals surface area contributed by atoms with Gasteiger partial charge in [0.2, 0.25) is 0 Å². The van der Waals surface area contributed by atoms with Crippen molar-refractivity contribution in [2.75, 3.05) is 14.2 Å². The molecule has 3 aromatic rings. The number of nitrogens with zero attached hydrogens (tertiary/aromatic N) is 3. The van der Waals surface area contributed by atoms with Crippen LogP contribution in [0.4, 0.5) is 0 Å². The molecule has 2 N–H and O–H groups in total. The van der Waals surface area contributed by atoms with E-state index < -0.39 is 0 Å². The molecule has 7 heteroatoms. The van der Waals surface area contributed by atoms with E-state index in [2.05, 4.69) is 45.3 Å². The summed E-state index contributed by atoms with van der Waals surface area (Å²) >= 11 is 0. The van der Waals surface area contributed by atoms with Gasteiger partial charge in [0.05, 0.1) is 49.1 Å². The monoisotopic (exact) mass is 427 g/mol. The highest BCUT2D eigenvalue weighted by Gasteiger charge is 2.25. The van der Waals surface area contributed by atoms with Crippen LogP contribution in [-0.4, -0.2) is 30.6 Å². The minimum Gasteiger partial charge on any atom is -0.497 e. The maximum atomic E-state index is 5.25. The molecule has 0 radical (unpaired) electrons. The van der Waals surface area contributed by atoms with Crippen LogP contribution >= 0.6 is 0 Å². The van der Waals surface area contributed by atoms with Gasteiger partial charge in [-0.1, -0.05) is 30.3 Å². The lowest BCUT2D eigenvalue weighted by molar-refractivity contribution is 0.414. The van der Waals surface area contributed by atoms with E-state index in [4.69, 9.17) is 14.5 Å². The number of pyridine rings is 1. The Balaban J connectivity index is 1.26. The summed E-state index contributed by atoms with van der Waals surface area (Å²) in [4.78, 5) is 4.87. The van der Waals surface area contributed by atoms with Gasteiger partial charge in [-0.2, -0.15) is 10.2 Å². The second-order valence-corrected chi connectivity index (χ2v) is 7.84. The third-order valence-electron chi connectivity index (χ3n) is 5.88. The molecule has 0 saturated carbocycles. The molecule has 7 nitrogen and oxygen atoms in total. The topological polar surface area (TPSA) is 80.1 Å². The van der Waals surface area contributed by atoms with Gasteiger partial charge in [-0.3, -0.25) is 0 Å². The van der Waals surface area contributed by atoms with Crippen LogP contribution in [0.3, 0.4) is 0 Å². The van der Waals surface area contributed by atoms with E-state index in [9.17, 15) is 0 Å². The standard InChI is InChI=1S/C25H25N5O2/c1-31-18-10-6-16(7-11-18)22-14-24(29-27-22)20-4-3-5-21(26-20)25-15-23(28-30-25)17-8-12-19(32-2)13-9-17/h3-13,22-23,27-28H,14-15H2,1-2H3. The summed E-state index contributed by atoms with van der Waals surface area (Å²) in [6, 6.07) is 22.4. The van der Waals surface area contributed by atoms with Gasteiger partial charge in [-0.05, 0) is 47.5 Å². The van der Waals surface area contributed by atoms with Crippen LogP contribution in [0.2, 0.25) is 0 Å². The first-order chi connectivity index (χ1) is 15.7. The van der Waals surface area contributed by atoms with E-state index >= 15 is 0 Å². The lowest BCUT2D eigenvalue weighted by atomic mass is 10.00. The Morgan fingerprint density at radius 1 is 0.656 bits per heavy atom. The number of hydrazone groups is 2. The Labute approximate surface area is 187 Å². The zero-order chi connectivity index (χ0) is 21.9. The fourth-order valence-electron chi connectivity index (χ4n) is 4.02. The molecule has 2 aliphatic rings. The number of nitrogens with one attached hydrogen (secondary N) is 2. The molecular weight excluding hydrogens is 402 g/mol. The third kappa shape index (κ3) is 4.01. The molecule has 32 heavy (non-hydrogen) atoms. The zero-order valence-electron chi connectivity index (χ0n) is 18.1. The van der Waals surface area contributed by atoms with E-state index in [0.717, 1.165) is 47.2 Å². The maximum Gasteiger partial charge on any atom is 0.118 e. The first-order valence-electron chi connectivity index (χ1n) is 10.6. The molecule has 0 amide bonds. The highest BCUT2D eigenvalue weighted by Crippen LogP contribution is 2.28. The van der Waals surface area contributed by atoms with Gasteiger partial charge in [0, 0.05) is 12.8 Å². The van der Waals surface area contributed by atoms with Gasteiger partial charge in [0.15, 0.2) is 0 Å². The molecule has 5 rings (SSSR count). The van der Waals surface area contributed by atoms with Crippen molar-refractivity contribution in [3.8, 4) is 11.5 Å². The van der Waals surface area contributed by atoms with Crippen molar-refractivity contribution < 1.29 is 9.47 Å². The summed E-state index contributed by atoms with van der Waals surface area (Å²) in [6.45, 7) is 0. The summed E-state index contributed by atoms with van der Waals surface area (Å²) in [5, 5.41) is 9.12. The molecule has 0 bridgehead atoms. The van der Waals surface area contributed by atoms with Crippen molar-refractivity contribution in [3.63, 3.8) is 0 Å². The Bertz CT molecular complexity index is 1070. The lowest BCUT2D eigenvalue weighted by Crippen LogP contribution is -2.11. The average molecular weight is 428 g/mol. The molecule has 2 aromatic carbocycles. The fourth-order valence-corrected chi connectivity index (χ4v) is 4.02. The molecule has 0 spiro atoms. The quantitative estimate of drug-likeness (QED) is 0.622. The van der Waals surface area contributed by atoms with Gasteiger partial charge in [0.1, 0.15) is 11.5 Å². The Hall–Kier alpha value is -3.87. The highest BCUT2D eigenvalue weighted by atomic mass is 16.5. The Morgan fingerprint density at radius 2 is 1.09 bits per heavy atom. The van der Waals surface area contributed by atoms with Crippen molar-refractivity contribution in [1.82, 2.24) is 15.8 Å². The summed E-state index contributed by atoms with van der Waals surface area (Å²) < 4.78 is 10.5. The van der Waals surface area contributed by atoms with Gasteiger partial charge in [0.25, 0.3) is 0 Å². The van der Waals surface area contributed by atoms with Crippen molar-refractivity contribution in [3.05, 3.63) is 89.2 Å².